The van der Waals surface area contributed by atoms with Gasteiger partial charge < -0.3 is 10.3 Å². The summed E-state index contributed by atoms with van der Waals surface area (Å²) in [5.74, 6) is 1.68. The van der Waals surface area contributed by atoms with Crippen molar-refractivity contribution < 1.29 is 0 Å². The van der Waals surface area contributed by atoms with Crippen LogP contribution in [0.3, 0.4) is 0 Å². The Kier molecular flexibility index (Phi) is 4.45. The lowest BCUT2D eigenvalue weighted by Crippen LogP contribution is -2.13. The fraction of sp³-hybridized carbons (Fsp3) is 0.385. The molecule has 0 aliphatic carbocycles. The molecule has 2 N–H and O–H groups in total. The van der Waals surface area contributed by atoms with Crippen LogP contribution in [0.1, 0.15) is 37.1 Å². The van der Waals surface area contributed by atoms with Crippen molar-refractivity contribution in [3.05, 3.63) is 45.5 Å². The Labute approximate surface area is 122 Å². The first-order chi connectivity index (χ1) is 9.02. The summed E-state index contributed by atoms with van der Waals surface area (Å²) in [7, 11) is 0. The van der Waals surface area contributed by atoms with Crippen LogP contribution >= 0.6 is 23.2 Å². The van der Waals surface area contributed by atoms with Gasteiger partial charge in [-0.1, -0.05) is 29.3 Å². The van der Waals surface area contributed by atoms with Gasteiger partial charge in [0.1, 0.15) is 11.6 Å². The molecule has 0 saturated heterocycles. The molecule has 0 bridgehead atoms. The Morgan fingerprint density at radius 3 is 2.42 bits per heavy atom. The maximum Gasteiger partial charge on any atom is 0.147 e. The van der Waals surface area contributed by atoms with E-state index in [1.165, 1.54) is 0 Å². The van der Waals surface area contributed by atoms with Crippen molar-refractivity contribution in [2.75, 3.05) is 0 Å². The predicted octanol–water partition coefficient (Wildman–Crippen LogP) is 3.22. The normalized spacial score (nSPS) is 11.3. The molecule has 1 aromatic heterocycles. The number of hydrogen-bond donors (Lipinski definition) is 1. The Morgan fingerprint density at radius 2 is 1.84 bits per heavy atom. The molecule has 0 spiro atoms. The molecule has 19 heavy (non-hydrogen) atoms. The lowest BCUT2D eigenvalue weighted by Gasteiger charge is -2.13. The second kappa shape index (κ2) is 5.90. The van der Waals surface area contributed by atoms with Crippen LogP contribution in [0, 0.1) is 0 Å². The summed E-state index contributed by atoms with van der Waals surface area (Å²) in [5.41, 5.74) is 6.73. The van der Waals surface area contributed by atoms with E-state index in [9.17, 15) is 0 Å². The molecular formula is C13H16Cl2N4. The molecule has 0 unspecified atom stereocenters. The van der Waals surface area contributed by atoms with Gasteiger partial charge in [0.05, 0.1) is 16.6 Å². The predicted molar refractivity (Wildman–Crippen MR) is 77.6 cm³/mol. The van der Waals surface area contributed by atoms with Gasteiger partial charge in [0.15, 0.2) is 0 Å². The van der Waals surface area contributed by atoms with Gasteiger partial charge in [-0.15, -0.1) is 10.2 Å². The van der Waals surface area contributed by atoms with Crippen LogP contribution < -0.4 is 5.73 Å². The largest absolute Gasteiger partial charge is 0.324 e. The van der Waals surface area contributed by atoms with Crippen LogP contribution in [0.15, 0.2) is 18.2 Å². The van der Waals surface area contributed by atoms with Crippen LogP contribution in [-0.4, -0.2) is 14.8 Å². The molecule has 6 heteroatoms. The minimum Gasteiger partial charge on any atom is -0.324 e. The number of halogens is 2. The zero-order valence-electron chi connectivity index (χ0n) is 10.9. The van der Waals surface area contributed by atoms with Crippen LogP contribution in [-0.2, 0) is 13.0 Å². The molecule has 0 atom stereocenters. The molecule has 1 aromatic carbocycles. The Hall–Kier alpha value is -1.10. The number of rotatable bonds is 4. The summed E-state index contributed by atoms with van der Waals surface area (Å²) >= 11 is 11.9. The molecule has 0 radical (unpaired) electrons. The van der Waals surface area contributed by atoms with Crippen LogP contribution in [0.5, 0.6) is 0 Å². The smallest absolute Gasteiger partial charge is 0.147 e. The number of aromatic nitrogens is 3. The van der Waals surface area contributed by atoms with Gasteiger partial charge in [0, 0.05) is 12.5 Å². The SMILES string of the molecule is CC(C)n1c(CN)nnc1Cc1ccc(Cl)c(Cl)c1. The molecular weight excluding hydrogens is 283 g/mol. The first-order valence-corrected chi connectivity index (χ1v) is 6.85. The molecule has 0 saturated carbocycles. The van der Waals surface area contributed by atoms with Gasteiger partial charge in [0.2, 0.25) is 0 Å². The molecule has 0 aliphatic heterocycles. The average molecular weight is 299 g/mol. The zero-order chi connectivity index (χ0) is 14.0. The third kappa shape index (κ3) is 3.08. The Bertz CT molecular complexity index is 578. The third-order valence-electron chi connectivity index (χ3n) is 2.88. The Morgan fingerprint density at radius 1 is 1.16 bits per heavy atom. The summed E-state index contributed by atoms with van der Waals surface area (Å²) in [5, 5.41) is 9.44. The van der Waals surface area contributed by atoms with E-state index < -0.39 is 0 Å². The average Bonchev–Trinajstić information content (AvgIpc) is 2.77. The topological polar surface area (TPSA) is 56.7 Å². The summed E-state index contributed by atoms with van der Waals surface area (Å²) in [6, 6.07) is 5.85. The molecule has 1 heterocycles. The van der Waals surface area contributed by atoms with Gasteiger partial charge in [-0.3, -0.25) is 0 Å². The van der Waals surface area contributed by atoms with E-state index >= 15 is 0 Å². The van der Waals surface area contributed by atoms with Crippen LogP contribution in [0.2, 0.25) is 10.0 Å². The maximum absolute atomic E-state index is 6.02. The number of nitrogens with two attached hydrogens (primary N) is 1. The third-order valence-corrected chi connectivity index (χ3v) is 3.62. The van der Waals surface area contributed by atoms with Crippen molar-refractivity contribution >= 4 is 23.2 Å². The number of hydrogen-bond acceptors (Lipinski definition) is 3. The van der Waals surface area contributed by atoms with Gasteiger partial charge in [-0.05, 0) is 31.5 Å². The van der Waals surface area contributed by atoms with E-state index in [1.54, 1.807) is 6.07 Å². The van der Waals surface area contributed by atoms with Crippen molar-refractivity contribution in [2.24, 2.45) is 5.73 Å². The molecule has 2 rings (SSSR count). The van der Waals surface area contributed by atoms with Crippen molar-refractivity contribution in [1.29, 1.82) is 0 Å². The minimum atomic E-state index is 0.270. The minimum absolute atomic E-state index is 0.270. The van der Waals surface area contributed by atoms with E-state index in [-0.39, 0.29) is 6.04 Å². The standard InChI is InChI=1S/C13H16Cl2N4/c1-8(2)19-12(17-18-13(19)7-16)6-9-3-4-10(14)11(15)5-9/h3-5,8H,6-7,16H2,1-2H3. The van der Waals surface area contributed by atoms with Gasteiger partial charge in [-0.2, -0.15) is 0 Å². The zero-order valence-corrected chi connectivity index (χ0v) is 12.4. The molecule has 4 nitrogen and oxygen atoms in total. The second-order valence-electron chi connectivity index (χ2n) is 4.63. The highest BCUT2D eigenvalue weighted by Gasteiger charge is 2.14. The molecule has 0 aliphatic rings. The lowest BCUT2D eigenvalue weighted by atomic mass is 10.1. The van der Waals surface area contributed by atoms with Gasteiger partial charge in [0.25, 0.3) is 0 Å². The lowest BCUT2D eigenvalue weighted by molar-refractivity contribution is 0.548. The van der Waals surface area contributed by atoms with Crippen molar-refractivity contribution in [3.8, 4) is 0 Å². The molecule has 0 amide bonds. The number of benzene rings is 1. The highest BCUT2D eigenvalue weighted by Crippen LogP contribution is 2.24. The molecule has 0 fully saturated rings. The first kappa shape index (κ1) is 14.3. The van der Waals surface area contributed by atoms with Gasteiger partial charge in [-0.25, -0.2) is 0 Å². The molecule has 102 valence electrons. The summed E-state index contributed by atoms with van der Waals surface area (Å²) in [6.07, 6.45) is 0.655. The Balaban J connectivity index is 2.32. The first-order valence-electron chi connectivity index (χ1n) is 6.09. The highest BCUT2D eigenvalue weighted by molar-refractivity contribution is 6.42. The second-order valence-corrected chi connectivity index (χ2v) is 5.44. The van der Waals surface area contributed by atoms with E-state index in [0.29, 0.717) is 23.0 Å². The fourth-order valence-corrected chi connectivity index (χ4v) is 2.37. The van der Waals surface area contributed by atoms with Crippen molar-refractivity contribution in [3.63, 3.8) is 0 Å². The summed E-state index contributed by atoms with van der Waals surface area (Å²) in [6.45, 7) is 4.55. The fourth-order valence-electron chi connectivity index (χ4n) is 2.05. The van der Waals surface area contributed by atoms with E-state index in [2.05, 4.69) is 28.6 Å². The van der Waals surface area contributed by atoms with Crippen LogP contribution in [0.25, 0.3) is 0 Å². The van der Waals surface area contributed by atoms with Crippen molar-refractivity contribution in [1.82, 2.24) is 14.8 Å². The van der Waals surface area contributed by atoms with E-state index in [4.69, 9.17) is 28.9 Å². The quantitative estimate of drug-likeness (QED) is 0.943. The number of nitrogens with zero attached hydrogens (tertiary/aromatic N) is 3. The highest BCUT2D eigenvalue weighted by atomic mass is 35.5. The van der Waals surface area contributed by atoms with E-state index in [1.807, 2.05) is 12.1 Å². The van der Waals surface area contributed by atoms with Crippen LogP contribution in [0.4, 0.5) is 0 Å². The monoisotopic (exact) mass is 298 g/mol. The summed E-state index contributed by atoms with van der Waals surface area (Å²) in [4.78, 5) is 0. The maximum atomic E-state index is 6.02. The molecule has 2 aromatic rings. The van der Waals surface area contributed by atoms with E-state index in [0.717, 1.165) is 17.2 Å². The van der Waals surface area contributed by atoms with Crippen molar-refractivity contribution in [2.45, 2.75) is 32.9 Å². The van der Waals surface area contributed by atoms with Gasteiger partial charge >= 0.3 is 0 Å². The summed E-state index contributed by atoms with van der Waals surface area (Å²) < 4.78 is 2.06.